The maximum Gasteiger partial charge on any atom is 0.105 e. The molecule has 0 aliphatic carbocycles. The van der Waals surface area contributed by atoms with Gasteiger partial charge in [0.15, 0.2) is 0 Å². The molecule has 3 heterocycles. The first-order chi connectivity index (χ1) is 8.84. The third-order valence-corrected chi connectivity index (χ3v) is 3.77. The molecule has 0 saturated carbocycles. The van der Waals surface area contributed by atoms with Crippen LogP contribution in [0.25, 0.3) is 0 Å². The number of likely N-dealkylation sites (tertiary alicyclic amines) is 1. The topological polar surface area (TPSA) is 29.3 Å². The Balaban J connectivity index is 1.78. The van der Waals surface area contributed by atoms with E-state index in [0.717, 1.165) is 18.8 Å². The fourth-order valence-electron chi connectivity index (χ4n) is 2.76. The van der Waals surface area contributed by atoms with Crippen molar-refractivity contribution < 1.29 is 4.42 Å². The third-order valence-electron chi connectivity index (χ3n) is 3.77. The van der Waals surface area contributed by atoms with Crippen LogP contribution in [0, 0.1) is 6.92 Å². The molecule has 0 radical (unpaired) electrons. The van der Waals surface area contributed by atoms with E-state index >= 15 is 0 Å². The fourth-order valence-corrected chi connectivity index (χ4v) is 2.76. The summed E-state index contributed by atoms with van der Waals surface area (Å²) < 4.78 is 5.38. The minimum Gasteiger partial charge on any atom is -0.469 e. The lowest BCUT2D eigenvalue weighted by atomic mass is 10.1. The van der Waals surface area contributed by atoms with E-state index in [9.17, 15) is 0 Å². The van der Waals surface area contributed by atoms with Gasteiger partial charge in [-0.25, -0.2) is 0 Å². The Bertz CT molecular complexity index is 506. The number of furan rings is 1. The van der Waals surface area contributed by atoms with E-state index in [1.54, 1.807) is 6.26 Å². The summed E-state index contributed by atoms with van der Waals surface area (Å²) in [6.45, 7) is 4.16. The van der Waals surface area contributed by atoms with Crippen LogP contribution in [0.1, 0.15) is 35.8 Å². The highest BCUT2D eigenvalue weighted by atomic mass is 16.3. The monoisotopic (exact) mass is 242 g/mol. The average Bonchev–Trinajstić information content (AvgIpc) is 3.01. The van der Waals surface area contributed by atoms with Crippen molar-refractivity contribution in [2.45, 2.75) is 32.4 Å². The molecule has 3 heteroatoms. The van der Waals surface area contributed by atoms with E-state index in [4.69, 9.17) is 4.42 Å². The van der Waals surface area contributed by atoms with Crippen molar-refractivity contribution in [3.05, 3.63) is 53.7 Å². The molecule has 1 atom stereocenters. The van der Waals surface area contributed by atoms with Crippen molar-refractivity contribution in [3.8, 4) is 0 Å². The summed E-state index contributed by atoms with van der Waals surface area (Å²) >= 11 is 0. The van der Waals surface area contributed by atoms with Crippen LogP contribution < -0.4 is 0 Å². The van der Waals surface area contributed by atoms with Gasteiger partial charge >= 0.3 is 0 Å². The van der Waals surface area contributed by atoms with E-state index in [-0.39, 0.29) is 0 Å². The van der Waals surface area contributed by atoms with Crippen LogP contribution in [0.2, 0.25) is 0 Å². The summed E-state index contributed by atoms with van der Waals surface area (Å²) in [4.78, 5) is 6.76. The zero-order valence-corrected chi connectivity index (χ0v) is 10.7. The van der Waals surface area contributed by atoms with E-state index in [2.05, 4.69) is 22.0 Å². The second-order valence-corrected chi connectivity index (χ2v) is 4.92. The number of pyridine rings is 1. The molecule has 1 saturated heterocycles. The van der Waals surface area contributed by atoms with Crippen LogP contribution in [0.15, 0.2) is 41.3 Å². The molecule has 0 spiro atoms. The lowest BCUT2D eigenvalue weighted by molar-refractivity contribution is 0.246. The van der Waals surface area contributed by atoms with Crippen molar-refractivity contribution in [2.75, 3.05) is 6.54 Å². The van der Waals surface area contributed by atoms with Crippen LogP contribution in [-0.4, -0.2) is 16.4 Å². The molecule has 1 aliphatic rings. The number of aromatic nitrogens is 1. The highest BCUT2D eigenvalue weighted by Crippen LogP contribution is 2.33. The maximum atomic E-state index is 5.38. The molecule has 94 valence electrons. The number of hydrogen-bond acceptors (Lipinski definition) is 3. The number of nitrogens with zero attached hydrogens (tertiary/aromatic N) is 2. The molecule has 3 nitrogen and oxygen atoms in total. The van der Waals surface area contributed by atoms with Gasteiger partial charge < -0.3 is 4.42 Å². The summed E-state index contributed by atoms with van der Waals surface area (Å²) in [5.74, 6) is 1.03. The van der Waals surface area contributed by atoms with Crippen molar-refractivity contribution in [2.24, 2.45) is 0 Å². The Morgan fingerprint density at radius 2 is 2.39 bits per heavy atom. The molecule has 0 N–H and O–H groups in total. The van der Waals surface area contributed by atoms with E-state index < -0.39 is 0 Å². The third kappa shape index (κ3) is 2.18. The zero-order chi connectivity index (χ0) is 12.4. The largest absolute Gasteiger partial charge is 0.469 e. The lowest BCUT2D eigenvalue weighted by Gasteiger charge is -2.24. The van der Waals surface area contributed by atoms with Gasteiger partial charge in [-0.15, -0.1) is 0 Å². The van der Waals surface area contributed by atoms with E-state index in [1.165, 1.54) is 24.0 Å². The Morgan fingerprint density at radius 3 is 3.11 bits per heavy atom. The highest BCUT2D eigenvalue weighted by molar-refractivity contribution is 5.19. The number of rotatable bonds is 3. The summed E-state index contributed by atoms with van der Waals surface area (Å²) in [5.41, 5.74) is 2.63. The smallest absolute Gasteiger partial charge is 0.105 e. The molecule has 18 heavy (non-hydrogen) atoms. The molecule has 0 bridgehead atoms. The van der Waals surface area contributed by atoms with Crippen LogP contribution in [0.3, 0.4) is 0 Å². The number of hydrogen-bond donors (Lipinski definition) is 0. The van der Waals surface area contributed by atoms with Gasteiger partial charge in [0.25, 0.3) is 0 Å². The molecular weight excluding hydrogens is 224 g/mol. The normalized spacial score (nSPS) is 20.4. The molecule has 1 aliphatic heterocycles. The summed E-state index contributed by atoms with van der Waals surface area (Å²) in [6.07, 6.45) is 8.09. The first kappa shape index (κ1) is 11.5. The van der Waals surface area contributed by atoms with E-state index in [0.29, 0.717) is 6.04 Å². The van der Waals surface area contributed by atoms with Gasteiger partial charge in [-0.05, 0) is 44.0 Å². The Hall–Kier alpha value is -1.61. The molecule has 3 rings (SSSR count). The van der Waals surface area contributed by atoms with Gasteiger partial charge in [0.2, 0.25) is 0 Å². The predicted molar refractivity (Wildman–Crippen MR) is 70.1 cm³/mol. The minimum atomic E-state index is 0.507. The lowest BCUT2D eigenvalue weighted by Crippen LogP contribution is -2.22. The second kappa shape index (κ2) is 4.94. The van der Waals surface area contributed by atoms with Crippen LogP contribution in [0.4, 0.5) is 0 Å². The van der Waals surface area contributed by atoms with Crippen LogP contribution >= 0.6 is 0 Å². The van der Waals surface area contributed by atoms with Gasteiger partial charge in [0.1, 0.15) is 5.76 Å². The van der Waals surface area contributed by atoms with Crippen molar-refractivity contribution in [1.82, 2.24) is 9.88 Å². The predicted octanol–water partition coefficient (Wildman–Crippen LogP) is 3.32. The quantitative estimate of drug-likeness (QED) is 0.826. The van der Waals surface area contributed by atoms with Crippen molar-refractivity contribution >= 4 is 0 Å². The van der Waals surface area contributed by atoms with Gasteiger partial charge in [0, 0.05) is 30.5 Å². The fraction of sp³-hybridized carbons (Fsp3) is 0.400. The molecule has 0 aromatic carbocycles. The van der Waals surface area contributed by atoms with Crippen LogP contribution in [-0.2, 0) is 6.54 Å². The van der Waals surface area contributed by atoms with Gasteiger partial charge in [-0.2, -0.15) is 0 Å². The molecular formula is C15H18N2O. The van der Waals surface area contributed by atoms with E-state index in [1.807, 2.05) is 25.4 Å². The SMILES string of the molecule is Cc1occc1CN1CCCC1c1cccnc1. The second-order valence-electron chi connectivity index (χ2n) is 4.92. The Labute approximate surface area is 107 Å². The van der Waals surface area contributed by atoms with Gasteiger partial charge in [0.05, 0.1) is 6.26 Å². The average molecular weight is 242 g/mol. The zero-order valence-electron chi connectivity index (χ0n) is 10.7. The first-order valence-electron chi connectivity index (χ1n) is 6.51. The molecule has 0 amide bonds. The molecule has 2 aromatic heterocycles. The number of aryl methyl sites for hydroxylation is 1. The van der Waals surface area contributed by atoms with Crippen molar-refractivity contribution in [3.63, 3.8) is 0 Å². The van der Waals surface area contributed by atoms with Gasteiger partial charge in [-0.3, -0.25) is 9.88 Å². The molecule has 2 aromatic rings. The maximum absolute atomic E-state index is 5.38. The summed E-state index contributed by atoms with van der Waals surface area (Å²) in [5, 5.41) is 0. The van der Waals surface area contributed by atoms with Crippen molar-refractivity contribution in [1.29, 1.82) is 0 Å². The Kier molecular flexibility index (Phi) is 3.15. The molecule has 1 unspecified atom stereocenters. The first-order valence-corrected chi connectivity index (χ1v) is 6.51. The van der Waals surface area contributed by atoms with Crippen LogP contribution in [0.5, 0.6) is 0 Å². The summed E-state index contributed by atoms with van der Waals surface area (Å²) in [7, 11) is 0. The molecule has 1 fully saturated rings. The highest BCUT2D eigenvalue weighted by Gasteiger charge is 2.26. The summed E-state index contributed by atoms with van der Waals surface area (Å²) in [6, 6.07) is 6.79. The minimum absolute atomic E-state index is 0.507. The standard InChI is InChI=1S/C15H18N2O/c1-12-14(6-9-18-12)11-17-8-3-5-15(17)13-4-2-7-16-10-13/h2,4,6-7,9-10,15H,3,5,8,11H2,1H3. The van der Waals surface area contributed by atoms with Gasteiger partial charge in [-0.1, -0.05) is 6.07 Å². The Morgan fingerprint density at radius 1 is 1.44 bits per heavy atom.